The maximum absolute atomic E-state index is 4.58. The largest absolute Gasteiger partial charge is 0.346 e. The highest BCUT2D eigenvalue weighted by Gasteiger charge is 2.14. The highest BCUT2D eigenvalue weighted by Crippen LogP contribution is 2.12. The normalized spacial score (nSPS) is 18.3. The summed E-state index contributed by atoms with van der Waals surface area (Å²) in [6, 6.07) is 0. The Morgan fingerprint density at radius 3 is 2.92 bits per heavy atom. The van der Waals surface area contributed by atoms with Crippen molar-refractivity contribution in [2.45, 2.75) is 26.2 Å². The summed E-state index contributed by atoms with van der Waals surface area (Å²) in [5.41, 5.74) is 2.66. The number of rotatable bonds is 1. The van der Waals surface area contributed by atoms with Crippen molar-refractivity contribution in [2.24, 2.45) is 0 Å². The van der Waals surface area contributed by atoms with Crippen molar-refractivity contribution in [1.29, 1.82) is 0 Å². The van der Waals surface area contributed by atoms with E-state index in [1.165, 1.54) is 11.4 Å². The van der Waals surface area contributed by atoms with E-state index in [-0.39, 0.29) is 0 Å². The van der Waals surface area contributed by atoms with Crippen LogP contribution in [0.4, 0.5) is 0 Å². The smallest absolute Gasteiger partial charge is 0.106 e. The van der Waals surface area contributed by atoms with Crippen molar-refractivity contribution in [1.82, 2.24) is 14.9 Å². The van der Waals surface area contributed by atoms with Gasteiger partial charge in [0.25, 0.3) is 0 Å². The van der Waals surface area contributed by atoms with Crippen molar-refractivity contribution in [3.63, 3.8) is 0 Å². The van der Waals surface area contributed by atoms with Crippen molar-refractivity contribution in [3.8, 4) is 0 Å². The lowest BCUT2D eigenvalue weighted by molar-refractivity contribution is 0.350. The van der Waals surface area contributed by atoms with Gasteiger partial charge in [0.2, 0.25) is 0 Å². The number of nitrogens with zero attached hydrogens (tertiary/aromatic N) is 2. The lowest BCUT2D eigenvalue weighted by Gasteiger charge is -2.11. The Kier molecular flexibility index (Phi) is 2.36. The van der Waals surface area contributed by atoms with Crippen LogP contribution < -0.4 is 0 Å². The molecule has 1 aromatic rings. The Labute approximate surface area is 79.2 Å². The monoisotopic (exact) mass is 179 g/mol. The average Bonchev–Trinajstić information content (AvgIpc) is 2.47. The number of aromatic amines is 1. The highest BCUT2D eigenvalue weighted by molar-refractivity contribution is 5.17. The minimum atomic E-state index is 1.02. The summed E-state index contributed by atoms with van der Waals surface area (Å²) in [5, 5.41) is 0. The third kappa shape index (κ3) is 1.75. The minimum absolute atomic E-state index is 1.02. The lowest BCUT2D eigenvalue weighted by Crippen LogP contribution is -2.21. The number of H-pyrrole nitrogens is 1. The third-order valence-corrected chi connectivity index (χ3v) is 2.72. The molecule has 0 atom stereocenters. The zero-order chi connectivity index (χ0) is 9.26. The Balaban J connectivity index is 2.21. The summed E-state index contributed by atoms with van der Waals surface area (Å²) in [7, 11) is 2.17. The lowest BCUT2D eigenvalue weighted by atomic mass is 10.2. The van der Waals surface area contributed by atoms with E-state index in [4.69, 9.17) is 0 Å². The molecule has 0 bridgehead atoms. The van der Waals surface area contributed by atoms with Gasteiger partial charge in [-0.05, 0) is 7.05 Å². The quantitative estimate of drug-likeness (QED) is 0.697. The number of likely N-dealkylation sites (N-methyl/N-ethyl adjacent to an activating group) is 1. The van der Waals surface area contributed by atoms with Gasteiger partial charge >= 0.3 is 0 Å². The van der Waals surface area contributed by atoms with Crippen LogP contribution in [0.25, 0.3) is 0 Å². The zero-order valence-electron chi connectivity index (χ0n) is 8.43. The summed E-state index contributed by atoms with van der Waals surface area (Å²) in [4.78, 5) is 10.3. The van der Waals surface area contributed by atoms with Gasteiger partial charge in [-0.1, -0.05) is 6.92 Å². The van der Waals surface area contributed by atoms with E-state index in [2.05, 4.69) is 28.8 Å². The standard InChI is InChI=1S/C10H17N3/c1-3-10-11-8-4-6-13(2)7-5-9(8)12-10/h3-7H2,1-2H3,(H,11,12). The van der Waals surface area contributed by atoms with Crippen molar-refractivity contribution in [2.75, 3.05) is 20.1 Å². The summed E-state index contributed by atoms with van der Waals surface area (Å²) in [5.74, 6) is 1.15. The van der Waals surface area contributed by atoms with E-state index < -0.39 is 0 Å². The first kappa shape index (κ1) is 8.75. The molecule has 0 fully saturated rings. The fourth-order valence-electron chi connectivity index (χ4n) is 1.80. The average molecular weight is 179 g/mol. The number of nitrogens with one attached hydrogen (secondary N) is 1. The Bertz CT molecular complexity index is 265. The molecule has 13 heavy (non-hydrogen) atoms. The van der Waals surface area contributed by atoms with Crippen LogP contribution in [-0.4, -0.2) is 35.0 Å². The molecule has 1 aromatic heterocycles. The summed E-state index contributed by atoms with van der Waals surface area (Å²) in [6.45, 7) is 4.43. The van der Waals surface area contributed by atoms with Gasteiger partial charge in [-0.3, -0.25) is 0 Å². The molecule has 3 nitrogen and oxygen atoms in total. The summed E-state index contributed by atoms with van der Waals surface area (Å²) >= 11 is 0. The fourth-order valence-corrected chi connectivity index (χ4v) is 1.80. The van der Waals surface area contributed by atoms with Crippen molar-refractivity contribution >= 4 is 0 Å². The molecule has 0 saturated carbocycles. The molecule has 72 valence electrons. The van der Waals surface area contributed by atoms with E-state index in [1.54, 1.807) is 0 Å². The minimum Gasteiger partial charge on any atom is -0.346 e. The Morgan fingerprint density at radius 2 is 2.15 bits per heavy atom. The second-order valence-corrected chi connectivity index (χ2v) is 3.77. The van der Waals surface area contributed by atoms with Crippen LogP contribution in [0.3, 0.4) is 0 Å². The number of aromatic nitrogens is 2. The van der Waals surface area contributed by atoms with Gasteiger partial charge in [-0.2, -0.15) is 0 Å². The predicted octanol–water partition coefficient (Wildman–Crippen LogP) is 1.00. The summed E-state index contributed by atoms with van der Waals surface area (Å²) in [6.07, 6.45) is 3.24. The van der Waals surface area contributed by atoms with Crippen LogP contribution in [0.5, 0.6) is 0 Å². The van der Waals surface area contributed by atoms with Gasteiger partial charge in [-0.25, -0.2) is 4.98 Å². The molecule has 3 heteroatoms. The molecular weight excluding hydrogens is 162 g/mol. The topological polar surface area (TPSA) is 31.9 Å². The molecule has 0 unspecified atom stereocenters. The van der Waals surface area contributed by atoms with Gasteiger partial charge in [0, 0.05) is 38.0 Å². The zero-order valence-corrected chi connectivity index (χ0v) is 8.43. The maximum Gasteiger partial charge on any atom is 0.106 e. The first-order chi connectivity index (χ1) is 6.29. The molecule has 0 aromatic carbocycles. The number of aryl methyl sites for hydroxylation is 1. The van der Waals surface area contributed by atoms with E-state index in [1.807, 2.05) is 0 Å². The molecule has 1 aliphatic heterocycles. The number of hydrogen-bond acceptors (Lipinski definition) is 2. The Morgan fingerprint density at radius 1 is 1.38 bits per heavy atom. The van der Waals surface area contributed by atoms with E-state index in [0.717, 1.165) is 38.2 Å². The molecule has 2 heterocycles. The van der Waals surface area contributed by atoms with E-state index in [9.17, 15) is 0 Å². The summed E-state index contributed by atoms with van der Waals surface area (Å²) < 4.78 is 0. The first-order valence-electron chi connectivity index (χ1n) is 5.04. The van der Waals surface area contributed by atoms with Gasteiger partial charge in [-0.15, -0.1) is 0 Å². The molecule has 1 aliphatic rings. The van der Waals surface area contributed by atoms with Crippen molar-refractivity contribution in [3.05, 3.63) is 17.2 Å². The predicted molar refractivity (Wildman–Crippen MR) is 52.9 cm³/mol. The van der Waals surface area contributed by atoms with Crippen LogP contribution in [0.15, 0.2) is 0 Å². The Hall–Kier alpha value is -0.830. The fraction of sp³-hybridized carbons (Fsp3) is 0.700. The molecule has 2 rings (SSSR count). The second kappa shape index (κ2) is 3.50. The molecule has 0 radical (unpaired) electrons. The van der Waals surface area contributed by atoms with E-state index >= 15 is 0 Å². The molecule has 1 N–H and O–H groups in total. The van der Waals surface area contributed by atoms with E-state index in [0.29, 0.717) is 0 Å². The molecular formula is C10H17N3. The number of imidazole rings is 1. The third-order valence-electron chi connectivity index (χ3n) is 2.72. The van der Waals surface area contributed by atoms with Crippen LogP contribution in [0.1, 0.15) is 24.1 Å². The molecule has 0 saturated heterocycles. The number of fused-ring (bicyclic) bond motifs is 1. The van der Waals surface area contributed by atoms with Crippen LogP contribution in [0, 0.1) is 0 Å². The van der Waals surface area contributed by atoms with Crippen LogP contribution in [0.2, 0.25) is 0 Å². The molecule has 0 aliphatic carbocycles. The van der Waals surface area contributed by atoms with Crippen LogP contribution >= 0.6 is 0 Å². The first-order valence-corrected chi connectivity index (χ1v) is 5.04. The molecule has 0 amide bonds. The van der Waals surface area contributed by atoms with Gasteiger partial charge in [0.05, 0.1) is 5.69 Å². The van der Waals surface area contributed by atoms with Gasteiger partial charge in [0.15, 0.2) is 0 Å². The second-order valence-electron chi connectivity index (χ2n) is 3.77. The SMILES string of the molecule is CCc1nc2c([nH]1)CCN(C)CC2. The maximum atomic E-state index is 4.58. The van der Waals surface area contributed by atoms with Crippen molar-refractivity contribution < 1.29 is 0 Å². The highest BCUT2D eigenvalue weighted by atomic mass is 15.1. The van der Waals surface area contributed by atoms with Gasteiger partial charge < -0.3 is 9.88 Å². The van der Waals surface area contributed by atoms with Gasteiger partial charge in [0.1, 0.15) is 5.82 Å². The van der Waals surface area contributed by atoms with Crippen LogP contribution in [-0.2, 0) is 19.3 Å². The molecule has 0 spiro atoms. The number of hydrogen-bond donors (Lipinski definition) is 1.